The van der Waals surface area contributed by atoms with Crippen LogP contribution >= 0.6 is 0 Å². The zero-order valence-corrected chi connectivity index (χ0v) is 43.2. The molecule has 9 aromatic carbocycles. The second-order valence-electron chi connectivity index (χ2n) is 21.8. The van der Waals surface area contributed by atoms with Gasteiger partial charge in [0.15, 0.2) is 0 Å². The van der Waals surface area contributed by atoms with E-state index in [4.69, 9.17) is 22.1 Å². The predicted molar refractivity (Wildman–Crippen MR) is 321 cm³/mol. The minimum atomic E-state index is -3.47. The van der Waals surface area contributed by atoms with E-state index in [1.807, 2.05) is 81.6 Å². The molecule has 372 valence electrons. The van der Waals surface area contributed by atoms with Crippen molar-refractivity contribution < 1.29 is 17.1 Å². The maximum Gasteiger partial charge on any atom is 0.137 e. The van der Waals surface area contributed by atoms with Crippen LogP contribution in [0.5, 0.6) is 11.5 Å². The second kappa shape index (κ2) is 17.7. The van der Waals surface area contributed by atoms with Crippen molar-refractivity contribution in [2.45, 2.75) is 78.1 Å². The fourth-order valence-electron chi connectivity index (χ4n) is 11.6. The number of hydrogen-bond donors (Lipinski definition) is 0. The summed E-state index contributed by atoms with van der Waals surface area (Å²) in [5.41, 5.74) is 5.06. The lowest BCUT2D eigenvalue weighted by molar-refractivity contribution is 0.483. The molecule has 0 aliphatic carbocycles. The van der Waals surface area contributed by atoms with Crippen LogP contribution in [0.1, 0.15) is 89.8 Å². The molecule has 0 N–H and O–H groups in total. The van der Waals surface area contributed by atoms with Gasteiger partial charge < -0.3 is 14.2 Å². The van der Waals surface area contributed by atoms with Gasteiger partial charge in [0.25, 0.3) is 0 Å². The molecule has 0 amide bonds. The molecule has 0 saturated heterocycles. The van der Waals surface area contributed by atoms with Gasteiger partial charge in [-0.25, -0.2) is 4.98 Å². The molecule has 0 spiro atoms. The zero-order chi connectivity index (χ0) is 59.6. The summed E-state index contributed by atoms with van der Waals surface area (Å²) in [5, 5.41) is 8.02. The lowest BCUT2D eigenvalue weighted by Crippen LogP contribution is -2.19. The first-order chi connectivity index (χ1) is 40.5. The van der Waals surface area contributed by atoms with E-state index in [0.717, 1.165) is 87.9 Å². The number of aromatic nitrogens is 3. The first kappa shape index (κ1) is 38.0. The zero-order valence-electron chi connectivity index (χ0n) is 52.2. The molecule has 0 saturated carbocycles. The van der Waals surface area contributed by atoms with E-state index in [1.165, 1.54) is 17.7 Å². The summed E-state index contributed by atoms with van der Waals surface area (Å²) in [6.07, 6.45) is 1.89. The minimum absolute atomic E-state index is 0.285. The van der Waals surface area contributed by atoms with E-state index in [0.29, 0.717) is 34.9 Å². The smallest absolute Gasteiger partial charge is 0.137 e. The molecule has 12 aromatic rings. The lowest BCUT2D eigenvalue weighted by Gasteiger charge is -2.27. The highest BCUT2D eigenvalue weighted by Crippen LogP contribution is 2.46. The summed E-state index contributed by atoms with van der Waals surface area (Å²) in [6, 6.07) is 71.5. The molecule has 4 heterocycles. The molecule has 1 aliphatic heterocycles. The van der Waals surface area contributed by atoms with E-state index >= 15 is 0 Å². The fraction of sp³-hybridized carbons (Fsp3) is 0.169. The van der Waals surface area contributed by atoms with Crippen LogP contribution in [-0.4, -0.2) is 14.1 Å². The molecule has 5 nitrogen and oxygen atoms in total. The molecule has 76 heavy (non-hydrogen) atoms. The van der Waals surface area contributed by atoms with E-state index in [-0.39, 0.29) is 11.0 Å². The fourth-order valence-corrected chi connectivity index (χ4v) is 11.6. The van der Waals surface area contributed by atoms with E-state index in [9.17, 15) is 0 Å². The van der Waals surface area contributed by atoms with Gasteiger partial charge in [-0.3, -0.25) is 4.57 Å². The Balaban J connectivity index is 1.00. The first-order valence-electron chi connectivity index (χ1n) is 30.5. The summed E-state index contributed by atoms with van der Waals surface area (Å²) in [7, 11) is 0. The quantitative estimate of drug-likeness (QED) is 0.160. The Bertz CT molecular complexity index is 4680. The van der Waals surface area contributed by atoms with Crippen LogP contribution in [0.3, 0.4) is 0 Å². The van der Waals surface area contributed by atoms with Gasteiger partial charge in [0.2, 0.25) is 0 Å². The third-order valence-corrected chi connectivity index (χ3v) is 15.6. The largest absolute Gasteiger partial charge is 0.457 e. The van der Waals surface area contributed by atoms with Gasteiger partial charge in [-0.1, -0.05) is 207 Å². The van der Waals surface area contributed by atoms with E-state index < -0.39 is 31.4 Å². The molecule has 0 atom stereocenters. The Kier molecular flexibility index (Phi) is 8.86. The van der Waals surface area contributed by atoms with E-state index in [2.05, 4.69) is 173 Å². The molecule has 13 rings (SSSR count). The summed E-state index contributed by atoms with van der Waals surface area (Å²) in [6.45, 7) is 0.236. The maximum absolute atomic E-state index is 8.82. The van der Waals surface area contributed by atoms with Crippen LogP contribution in [0.4, 0.5) is 11.4 Å². The highest BCUT2D eigenvalue weighted by Gasteiger charge is 2.28. The van der Waals surface area contributed by atoms with Gasteiger partial charge in [0, 0.05) is 68.9 Å². The summed E-state index contributed by atoms with van der Waals surface area (Å²) in [5.74, 6) is 2.07. The number of pyridine rings is 1. The monoisotopic (exact) mass is 996 g/mol. The van der Waals surface area contributed by atoms with Crippen LogP contribution in [0.15, 0.2) is 219 Å². The highest BCUT2D eigenvalue weighted by molar-refractivity contribution is 6.22. The van der Waals surface area contributed by atoms with Crippen LogP contribution in [0.2, 0.25) is 0 Å². The molecule has 1 aliphatic rings. The number of ether oxygens (including phenoxy) is 1. The highest BCUT2D eigenvalue weighted by atomic mass is 16.5. The van der Waals surface area contributed by atoms with Gasteiger partial charge in [0.05, 0.1) is 27.8 Å². The number of fused-ring (bicyclic) bond motifs is 10. The van der Waals surface area contributed by atoms with Gasteiger partial charge in [-0.05, 0) is 109 Å². The Morgan fingerprint density at radius 1 is 0.447 bits per heavy atom. The Hall–Kier alpha value is -8.67. The first-order valence-corrected chi connectivity index (χ1v) is 26.0. The molecular formula is C71H62N4O. The Labute approximate surface area is 458 Å². The number of nitrogens with zero attached hydrogens (tertiary/aromatic N) is 4. The second-order valence-corrected chi connectivity index (χ2v) is 21.8. The number of para-hydroxylation sites is 3. The molecule has 0 unspecified atom stereocenters. The molecule has 5 heteroatoms. The third-order valence-electron chi connectivity index (χ3n) is 15.6. The molecular weight excluding hydrogens is 925 g/mol. The predicted octanol–water partition coefficient (Wildman–Crippen LogP) is 19.2. The van der Waals surface area contributed by atoms with Gasteiger partial charge in [-0.2, -0.15) is 0 Å². The Morgan fingerprint density at radius 3 is 1.75 bits per heavy atom. The lowest BCUT2D eigenvalue weighted by atomic mass is 9.78. The summed E-state index contributed by atoms with van der Waals surface area (Å²) >= 11 is 0. The standard InChI is InChI=1S/C71H62N4O/c1-69(2,3)49-39-46(40-50(41-49)70(4,5)6)54-30-19-31-61-57-27-14-12-25-55(57)56-26-13-15-28-58(56)62-32-20-34-64-68(62)74(67(54)61)45-73(64)51-23-18-24-52(43-51)76-53-35-36-60-59-29-16-17-33-63(59)75(65(60)44-53)66-42-48(37-38-72-66)71(7,8)47-21-10-9-11-22-47/h9-44H,45H2,1-8H3/i1D3,2D3,3D3. The van der Waals surface area contributed by atoms with Crippen molar-refractivity contribution in [1.82, 2.24) is 14.1 Å². The van der Waals surface area contributed by atoms with Crippen molar-refractivity contribution >= 4 is 76.5 Å². The SMILES string of the molecule is [2H]C([2H])([2H])C(c1cc(-c2cccc3c4ccccc4c4ccccc4c4cccc5c4n(c23)CN5c2cccc(Oc3ccc4c5ccccc5n(-c5cc(C(C)(C)c6ccccc6)ccn5)c4c3)c2)cc(C(C)(C)C)c1)(C([2H])([2H])[2H])C([2H])([2H])[2H]. The number of hydrogen-bond acceptors (Lipinski definition) is 3. The van der Waals surface area contributed by atoms with Crippen molar-refractivity contribution in [3.8, 4) is 28.4 Å². The summed E-state index contributed by atoms with van der Waals surface area (Å²) < 4.78 is 90.8. The Morgan fingerprint density at radius 2 is 1.04 bits per heavy atom. The van der Waals surface area contributed by atoms with Crippen LogP contribution in [0.25, 0.3) is 82.1 Å². The van der Waals surface area contributed by atoms with Crippen LogP contribution in [0, 0.1) is 0 Å². The van der Waals surface area contributed by atoms with Crippen LogP contribution in [-0.2, 0) is 22.9 Å². The third kappa shape index (κ3) is 7.87. The summed E-state index contributed by atoms with van der Waals surface area (Å²) in [4.78, 5) is 7.25. The van der Waals surface area contributed by atoms with E-state index in [1.54, 1.807) is 0 Å². The molecule has 3 aromatic heterocycles. The number of benzene rings is 9. The molecule has 0 bridgehead atoms. The number of rotatable bonds is 7. The van der Waals surface area contributed by atoms with Crippen molar-refractivity contribution in [1.29, 1.82) is 0 Å². The van der Waals surface area contributed by atoms with Gasteiger partial charge in [0.1, 0.15) is 24.0 Å². The van der Waals surface area contributed by atoms with Crippen molar-refractivity contribution in [2.75, 3.05) is 4.90 Å². The van der Waals surface area contributed by atoms with Crippen molar-refractivity contribution in [3.05, 3.63) is 241 Å². The molecule has 0 fully saturated rings. The van der Waals surface area contributed by atoms with Crippen LogP contribution < -0.4 is 9.64 Å². The average molecular weight is 996 g/mol. The van der Waals surface area contributed by atoms with Crippen molar-refractivity contribution in [3.63, 3.8) is 0 Å². The average Bonchev–Trinajstić information content (AvgIpc) is 2.00. The minimum Gasteiger partial charge on any atom is -0.457 e. The van der Waals surface area contributed by atoms with Crippen molar-refractivity contribution in [2.24, 2.45) is 0 Å². The van der Waals surface area contributed by atoms with Gasteiger partial charge in [-0.15, -0.1) is 0 Å². The topological polar surface area (TPSA) is 35.2 Å². The van der Waals surface area contributed by atoms with Gasteiger partial charge >= 0.3 is 0 Å². The number of anilines is 2. The normalized spacial score (nSPS) is 15.2. The maximum atomic E-state index is 8.82. The molecule has 0 radical (unpaired) electrons.